The summed E-state index contributed by atoms with van der Waals surface area (Å²) in [6, 6.07) is 18.0. The van der Waals surface area contributed by atoms with Crippen molar-refractivity contribution in [2.45, 2.75) is 10.6 Å². The van der Waals surface area contributed by atoms with Gasteiger partial charge in [0.1, 0.15) is 11.6 Å². The minimum Gasteiger partial charge on any atom is -0.497 e. The summed E-state index contributed by atoms with van der Waals surface area (Å²) in [6.45, 7) is 0. The number of nitrogens with zero attached hydrogens (tertiary/aromatic N) is 2. The van der Waals surface area contributed by atoms with Crippen LogP contribution in [0.3, 0.4) is 0 Å². The second-order valence-corrected chi connectivity index (χ2v) is 6.02. The normalized spacial score (nSPS) is 10.6. The van der Waals surface area contributed by atoms with Crippen LogP contribution in [0.25, 0.3) is 5.69 Å². The maximum absolute atomic E-state index is 5.35. The van der Waals surface area contributed by atoms with E-state index < -0.39 is 0 Å². The summed E-state index contributed by atoms with van der Waals surface area (Å²) >= 11 is 7.08. The van der Waals surface area contributed by atoms with Crippen molar-refractivity contribution < 1.29 is 4.74 Å². The van der Waals surface area contributed by atoms with E-state index in [4.69, 9.17) is 17.0 Å². The average Bonchev–Trinajstić information content (AvgIpc) is 2.95. The molecule has 22 heavy (non-hydrogen) atoms. The van der Waals surface area contributed by atoms with Crippen molar-refractivity contribution in [3.05, 3.63) is 65.2 Å². The van der Waals surface area contributed by atoms with Gasteiger partial charge in [0, 0.05) is 10.6 Å². The lowest BCUT2D eigenvalue weighted by Crippen LogP contribution is -2.00. The molecule has 0 saturated carbocycles. The van der Waals surface area contributed by atoms with Gasteiger partial charge >= 0.3 is 0 Å². The van der Waals surface area contributed by atoms with Gasteiger partial charge in [-0.2, -0.15) is 5.10 Å². The molecule has 1 heterocycles. The molecule has 0 aliphatic heterocycles. The lowest BCUT2D eigenvalue weighted by atomic mass is 10.3. The zero-order chi connectivity index (χ0) is 15.4. The number of benzene rings is 2. The number of hydrogen-bond donors (Lipinski definition) is 1. The molecule has 0 fully saturated rings. The molecule has 2 aromatic carbocycles. The van der Waals surface area contributed by atoms with Gasteiger partial charge in [-0.3, -0.25) is 9.67 Å². The first-order valence-electron chi connectivity index (χ1n) is 6.76. The van der Waals surface area contributed by atoms with Crippen LogP contribution in [0.4, 0.5) is 0 Å². The molecule has 6 heteroatoms. The highest BCUT2D eigenvalue weighted by atomic mass is 32.2. The summed E-state index contributed by atoms with van der Waals surface area (Å²) in [5, 5.41) is 7.22. The fraction of sp³-hybridized carbons (Fsp3) is 0.125. The average molecular weight is 329 g/mol. The van der Waals surface area contributed by atoms with Crippen LogP contribution in [0, 0.1) is 4.77 Å². The van der Waals surface area contributed by atoms with E-state index >= 15 is 0 Å². The highest BCUT2D eigenvalue weighted by molar-refractivity contribution is 7.98. The van der Waals surface area contributed by atoms with E-state index in [1.54, 1.807) is 18.9 Å². The molecule has 112 valence electrons. The first kappa shape index (κ1) is 14.9. The van der Waals surface area contributed by atoms with E-state index in [0.29, 0.717) is 4.77 Å². The van der Waals surface area contributed by atoms with E-state index in [1.165, 1.54) is 4.90 Å². The lowest BCUT2D eigenvalue weighted by Gasteiger charge is -2.08. The fourth-order valence-corrected chi connectivity index (χ4v) is 3.18. The van der Waals surface area contributed by atoms with Gasteiger partial charge < -0.3 is 4.74 Å². The monoisotopic (exact) mass is 329 g/mol. The van der Waals surface area contributed by atoms with Crippen molar-refractivity contribution in [2.75, 3.05) is 7.11 Å². The molecule has 0 radical (unpaired) electrons. The lowest BCUT2D eigenvalue weighted by molar-refractivity contribution is 0.414. The van der Waals surface area contributed by atoms with Crippen molar-refractivity contribution in [3.8, 4) is 11.4 Å². The number of hydrogen-bond acceptors (Lipinski definition) is 4. The van der Waals surface area contributed by atoms with Crippen molar-refractivity contribution in [3.63, 3.8) is 0 Å². The zero-order valence-corrected chi connectivity index (χ0v) is 13.7. The van der Waals surface area contributed by atoms with Gasteiger partial charge in [0.05, 0.1) is 12.9 Å². The summed E-state index contributed by atoms with van der Waals surface area (Å²) in [4.78, 5) is 1.21. The first-order chi connectivity index (χ1) is 10.8. The summed E-state index contributed by atoms with van der Waals surface area (Å²) in [5.41, 5.74) is 0.975. The number of aromatic amines is 1. The Morgan fingerprint density at radius 1 is 1.14 bits per heavy atom. The van der Waals surface area contributed by atoms with Gasteiger partial charge in [-0.05, 0) is 48.6 Å². The Labute approximate surface area is 138 Å². The highest BCUT2D eigenvalue weighted by Crippen LogP contribution is 2.23. The summed E-state index contributed by atoms with van der Waals surface area (Å²) in [5.74, 6) is 2.45. The van der Waals surface area contributed by atoms with Crippen molar-refractivity contribution in [2.24, 2.45) is 0 Å². The Bertz CT molecular complexity index is 794. The molecule has 0 atom stereocenters. The predicted molar refractivity (Wildman–Crippen MR) is 91.3 cm³/mol. The zero-order valence-electron chi connectivity index (χ0n) is 12.0. The van der Waals surface area contributed by atoms with E-state index in [2.05, 4.69) is 22.3 Å². The Hall–Kier alpha value is -2.05. The summed E-state index contributed by atoms with van der Waals surface area (Å²) in [6.07, 6.45) is 0. The molecule has 0 aliphatic carbocycles. The van der Waals surface area contributed by atoms with Gasteiger partial charge in [0.25, 0.3) is 0 Å². The molecule has 0 saturated heterocycles. The SMILES string of the molecule is COc1ccc(-n2c(CSc3ccccc3)n[nH]c2=S)cc1. The quantitative estimate of drug-likeness (QED) is 0.562. The molecule has 0 unspecified atom stereocenters. The molecular weight excluding hydrogens is 314 g/mol. The third-order valence-corrected chi connectivity index (χ3v) is 4.47. The number of aromatic nitrogens is 3. The van der Waals surface area contributed by atoms with Gasteiger partial charge in [0.2, 0.25) is 0 Å². The topological polar surface area (TPSA) is 42.8 Å². The standard InChI is InChI=1S/C16H15N3OS2/c1-20-13-9-7-12(8-10-13)19-15(17-18-16(19)21)11-22-14-5-3-2-4-6-14/h2-10H,11H2,1H3,(H,18,21). The molecule has 3 rings (SSSR count). The largest absolute Gasteiger partial charge is 0.497 e. The third-order valence-electron chi connectivity index (χ3n) is 3.18. The molecule has 4 nitrogen and oxygen atoms in total. The van der Waals surface area contributed by atoms with Crippen molar-refractivity contribution in [1.29, 1.82) is 0 Å². The van der Waals surface area contributed by atoms with E-state index in [-0.39, 0.29) is 0 Å². The van der Waals surface area contributed by atoms with Crippen LogP contribution in [0.5, 0.6) is 5.75 Å². The number of nitrogens with one attached hydrogen (secondary N) is 1. The van der Waals surface area contributed by atoms with Crippen molar-refractivity contribution >= 4 is 24.0 Å². The summed E-state index contributed by atoms with van der Waals surface area (Å²) < 4.78 is 7.73. The van der Waals surface area contributed by atoms with Crippen LogP contribution >= 0.6 is 24.0 Å². The third kappa shape index (κ3) is 3.23. The van der Waals surface area contributed by atoms with Crippen LogP contribution in [-0.4, -0.2) is 21.9 Å². The molecule has 0 spiro atoms. The molecule has 1 N–H and O–H groups in total. The highest BCUT2D eigenvalue weighted by Gasteiger charge is 2.09. The van der Waals surface area contributed by atoms with Gasteiger partial charge in [-0.25, -0.2) is 0 Å². The maximum atomic E-state index is 5.35. The van der Waals surface area contributed by atoms with E-state index in [1.807, 2.05) is 47.0 Å². The number of thioether (sulfide) groups is 1. The van der Waals surface area contributed by atoms with Gasteiger partial charge in [0.15, 0.2) is 4.77 Å². The number of H-pyrrole nitrogens is 1. The van der Waals surface area contributed by atoms with Crippen LogP contribution < -0.4 is 4.74 Å². The molecule has 0 amide bonds. The van der Waals surface area contributed by atoms with E-state index in [0.717, 1.165) is 23.0 Å². The predicted octanol–water partition coefficient (Wildman–Crippen LogP) is 4.23. The Balaban J connectivity index is 1.85. The summed E-state index contributed by atoms with van der Waals surface area (Å²) in [7, 11) is 1.65. The molecule has 1 aromatic heterocycles. The number of rotatable bonds is 5. The van der Waals surface area contributed by atoms with Gasteiger partial charge in [-0.15, -0.1) is 11.8 Å². The second kappa shape index (κ2) is 6.81. The second-order valence-electron chi connectivity index (χ2n) is 4.58. The Kier molecular flexibility index (Phi) is 4.60. The van der Waals surface area contributed by atoms with Crippen molar-refractivity contribution in [1.82, 2.24) is 14.8 Å². The fourth-order valence-electron chi connectivity index (χ4n) is 2.09. The molecule has 0 bridgehead atoms. The number of methoxy groups -OCH3 is 1. The van der Waals surface area contributed by atoms with Crippen LogP contribution in [0.15, 0.2) is 59.5 Å². The van der Waals surface area contributed by atoms with Crippen LogP contribution in [0.2, 0.25) is 0 Å². The number of ether oxygens (including phenoxy) is 1. The maximum Gasteiger partial charge on any atom is 0.199 e. The molecular formula is C16H15N3OS2. The molecule has 3 aromatic rings. The smallest absolute Gasteiger partial charge is 0.199 e. The van der Waals surface area contributed by atoms with E-state index in [9.17, 15) is 0 Å². The minimum atomic E-state index is 0.592. The van der Waals surface area contributed by atoms with Gasteiger partial charge in [-0.1, -0.05) is 18.2 Å². The minimum absolute atomic E-state index is 0.592. The Morgan fingerprint density at radius 3 is 2.55 bits per heavy atom. The van der Waals surface area contributed by atoms with Crippen LogP contribution in [0.1, 0.15) is 5.82 Å². The molecule has 0 aliphatic rings. The Morgan fingerprint density at radius 2 is 1.86 bits per heavy atom. The van der Waals surface area contributed by atoms with Crippen LogP contribution in [-0.2, 0) is 5.75 Å². The first-order valence-corrected chi connectivity index (χ1v) is 8.16.